The standard InChI is InChI=1S/C13H12Cl2O2/c14-9-4-1-3-8(7-9)13(17)12-10(15)5-2-6-11(12)16/h3,7H,1-2,4-6H2. The van der Waals surface area contributed by atoms with Gasteiger partial charge in [-0.2, -0.15) is 0 Å². The molecule has 0 radical (unpaired) electrons. The van der Waals surface area contributed by atoms with E-state index in [9.17, 15) is 9.59 Å². The molecule has 0 spiro atoms. The van der Waals surface area contributed by atoms with E-state index in [0.29, 0.717) is 28.5 Å². The van der Waals surface area contributed by atoms with Crippen LogP contribution in [-0.2, 0) is 9.59 Å². The van der Waals surface area contributed by atoms with Crippen LogP contribution in [0.3, 0.4) is 0 Å². The van der Waals surface area contributed by atoms with Crippen LogP contribution >= 0.6 is 23.2 Å². The Morgan fingerprint density at radius 2 is 1.94 bits per heavy atom. The summed E-state index contributed by atoms with van der Waals surface area (Å²) in [4.78, 5) is 23.9. The summed E-state index contributed by atoms with van der Waals surface area (Å²) >= 11 is 11.9. The van der Waals surface area contributed by atoms with Crippen molar-refractivity contribution >= 4 is 34.8 Å². The van der Waals surface area contributed by atoms with Gasteiger partial charge in [0.25, 0.3) is 0 Å². The van der Waals surface area contributed by atoms with Crippen molar-refractivity contribution in [2.45, 2.75) is 32.1 Å². The highest BCUT2D eigenvalue weighted by Crippen LogP contribution is 2.29. The Bertz CT molecular complexity index is 470. The van der Waals surface area contributed by atoms with Gasteiger partial charge in [-0.05, 0) is 31.8 Å². The van der Waals surface area contributed by atoms with E-state index in [1.54, 1.807) is 6.08 Å². The number of rotatable bonds is 2. The summed E-state index contributed by atoms with van der Waals surface area (Å²) in [6, 6.07) is 0. The highest BCUT2D eigenvalue weighted by atomic mass is 35.5. The molecule has 0 aromatic heterocycles. The lowest BCUT2D eigenvalue weighted by Gasteiger charge is -2.16. The molecule has 0 heterocycles. The van der Waals surface area contributed by atoms with Gasteiger partial charge in [0.1, 0.15) is 0 Å². The van der Waals surface area contributed by atoms with Crippen LogP contribution in [-0.4, -0.2) is 11.6 Å². The second-order valence-electron chi connectivity index (χ2n) is 4.18. The lowest BCUT2D eigenvalue weighted by Crippen LogP contribution is -2.19. The van der Waals surface area contributed by atoms with Crippen molar-refractivity contribution in [3.8, 4) is 0 Å². The van der Waals surface area contributed by atoms with Crippen LogP contribution in [0, 0.1) is 0 Å². The average Bonchev–Trinajstić information content (AvgIpc) is 2.28. The van der Waals surface area contributed by atoms with Gasteiger partial charge in [-0.3, -0.25) is 9.59 Å². The maximum absolute atomic E-state index is 12.2. The molecule has 0 amide bonds. The average molecular weight is 271 g/mol. The van der Waals surface area contributed by atoms with Gasteiger partial charge in [0, 0.05) is 22.1 Å². The summed E-state index contributed by atoms with van der Waals surface area (Å²) in [5.41, 5.74) is 0.649. The Labute approximate surface area is 110 Å². The van der Waals surface area contributed by atoms with Crippen molar-refractivity contribution in [3.63, 3.8) is 0 Å². The van der Waals surface area contributed by atoms with Crippen LogP contribution in [0.1, 0.15) is 32.1 Å². The van der Waals surface area contributed by atoms with E-state index < -0.39 is 0 Å². The number of Topliss-reactive ketones (excluding diaryl/α,β-unsaturated/α-hetero) is 2. The molecule has 17 heavy (non-hydrogen) atoms. The van der Waals surface area contributed by atoms with Crippen molar-refractivity contribution in [3.05, 3.63) is 33.4 Å². The summed E-state index contributed by atoms with van der Waals surface area (Å²) in [5.74, 6) is -0.431. The molecule has 2 rings (SSSR count). The normalized spacial score (nSPS) is 21.2. The highest BCUT2D eigenvalue weighted by molar-refractivity contribution is 6.39. The zero-order valence-corrected chi connectivity index (χ0v) is 10.8. The largest absolute Gasteiger partial charge is 0.294 e. The molecule has 0 unspecified atom stereocenters. The minimum Gasteiger partial charge on any atom is -0.294 e. The van der Waals surface area contributed by atoms with Gasteiger partial charge in [0.05, 0.1) is 5.57 Å². The van der Waals surface area contributed by atoms with E-state index >= 15 is 0 Å². The van der Waals surface area contributed by atoms with Gasteiger partial charge in [-0.15, -0.1) is 0 Å². The lowest BCUT2D eigenvalue weighted by molar-refractivity contribution is -0.120. The first-order chi connectivity index (χ1) is 8.09. The van der Waals surface area contributed by atoms with Crippen LogP contribution < -0.4 is 0 Å². The molecule has 4 heteroatoms. The first kappa shape index (κ1) is 12.6. The van der Waals surface area contributed by atoms with Crippen molar-refractivity contribution < 1.29 is 9.59 Å². The van der Waals surface area contributed by atoms with Crippen molar-refractivity contribution in [2.24, 2.45) is 0 Å². The van der Waals surface area contributed by atoms with Crippen LogP contribution in [0.4, 0.5) is 0 Å². The molecule has 0 N–H and O–H groups in total. The van der Waals surface area contributed by atoms with Gasteiger partial charge in [-0.25, -0.2) is 0 Å². The predicted molar refractivity (Wildman–Crippen MR) is 68.0 cm³/mol. The van der Waals surface area contributed by atoms with Crippen molar-refractivity contribution in [1.29, 1.82) is 0 Å². The maximum Gasteiger partial charge on any atom is 0.197 e. The maximum atomic E-state index is 12.2. The summed E-state index contributed by atoms with van der Waals surface area (Å²) in [7, 11) is 0. The topological polar surface area (TPSA) is 34.1 Å². The number of carbonyl (C=O) groups is 2. The molecule has 2 aliphatic carbocycles. The van der Waals surface area contributed by atoms with E-state index in [1.165, 1.54) is 0 Å². The van der Waals surface area contributed by atoms with Gasteiger partial charge in [-0.1, -0.05) is 29.3 Å². The number of halogens is 2. The van der Waals surface area contributed by atoms with E-state index in [2.05, 4.69) is 0 Å². The minimum atomic E-state index is -0.280. The molecular weight excluding hydrogens is 259 g/mol. The Balaban J connectivity index is 2.32. The molecule has 0 saturated heterocycles. The fourth-order valence-corrected chi connectivity index (χ4v) is 2.57. The summed E-state index contributed by atoms with van der Waals surface area (Å²) in [6.45, 7) is 0. The molecule has 2 nitrogen and oxygen atoms in total. The Morgan fingerprint density at radius 3 is 2.59 bits per heavy atom. The quantitative estimate of drug-likeness (QED) is 0.718. The fourth-order valence-electron chi connectivity index (χ4n) is 2.02. The van der Waals surface area contributed by atoms with Crippen LogP contribution in [0.2, 0.25) is 0 Å². The van der Waals surface area contributed by atoms with Gasteiger partial charge >= 0.3 is 0 Å². The number of hydrogen-bond donors (Lipinski definition) is 0. The predicted octanol–water partition coefficient (Wildman–Crippen LogP) is 3.64. The second-order valence-corrected chi connectivity index (χ2v) is 5.12. The molecule has 90 valence electrons. The number of carbonyl (C=O) groups excluding carboxylic acids is 2. The third-order valence-corrected chi connectivity index (χ3v) is 3.58. The van der Waals surface area contributed by atoms with Crippen LogP contribution in [0.15, 0.2) is 33.4 Å². The third-order valence-electron chi connectivity index (χ3n) is 2.90. The summed E-state index contributed by atoms with van der Waals surface area (Å²) < 4.78 is 0. The lowest BCUT2D eigenvalue weighted by atomic mass is 9.90. The zero-order chi connectivity index (χ0) is 12.4. The smallest absolute Gasteiger partial charge is 0.197 e. The summed E-state index contributed by atoms with van der Waals surface area (Å²) in [5, 5.41) is 1.04. The second kappa shape index (κ2) is 5.19. The minimum absolute atomic E-state index is 0.151. The van der Waals surface area contributed by atoms with Crippen LogP contribution in [0.5, 0.6) is 0 Å². The third kappa shape index (κ3) is 2.70. The molecule has 0 bridgehead atoms. The molecule has 2 aliphatic rings. The molecule has 0 saturated carbocycles. The SMILES string of the molecule is O=C1CCCC(Cl)=C1C(=O)C1=CCCC(Cl)=C1. The Morgan fingerprint density at radius 1 is 1.18 bits per heavy atom. The Kier molecular flexibility index (Phi) is 3.85. The highest BCUT2D eigenvalue weighted by Gasteiger charge is 2.27. The zero-order valence-electron chi connectivity index (χ0n) is 9.26. The molecule has 0 atom stereocenters. The van der Waals surface area contributed by atoms with Crippen molar-refractivity contribution in [1.82, 2.24) is 0 Å². The molecular formula is C13H12Cl2O2. The monoisotopic (exact) mass is 270 g/mol. The summed E-state index contributed by atoms with van der Waals surface area (Å²) in [6.07, 6.45) is 6.67. The van der Waals surface area contributed by atoms with E-state index in [4.69, 9.17) is 23.2 Å². The van der Waals surface area contributed by atoms with E-state index in [0.717, 1.165) is 19.3 Å². The van der Waals surface area contributed by atoms with E-state index in [-0.39, 0.29) is 17.1 Å². The number of allylic oxidation sites excluding steroid dienone is 6. The molecule has 0 aromatic rings. The number of hydrogen-bond acceptors (Lipinski definition) is 2. The van der Waals surface area contributed by atoms with Gasteiger partial charge < -0.3 is 0 Å². The number of ketones is 2. The fraction of sp³-hybridized carbons (Fsp3) is 0.385. The van der Waals surface area contributed by atoms with E-state index in [1.807, 2.05) is 6.08 Å². The Hall–Kier alpha value is -0.860. The first-order valence-electron chi connectivity index (χ1n) is 5.62. The van der Waals surface area contributed by atoms with Crippen LogP contribution in [0.25, 0.3) is 0 Å². The molecule has 0 fully saturated rings. The van der Waals surface area contributed by atoms with Gasteiger partial charge in [0.15, 0.2) is 11.6 Å². The first-order valence-corrected chi connectivity index (χ1v) is 6.38. The molecule has 0 aliphatic heterocycles. The van der Waals surface area contributed by atoms with Crippen molar-refractivity contribution in [2.75, 3.05) is 0 Å². The van der Waals surface area contributed by atoms with Gasteiger partial charge in [0.2, 0.25) is 0 Å². The molecule has 0 aromatic carbocycles.